The maximum Gasteiger partial charge on any atom is 0.133 e. The smallest absolute Gasteiger partial charge is 0.133 e. The largest absolute Gasteiger partial charge is 0.457 e. The predicted octanol–water partition coefficient (Wildman–Crippen LogP) is 12.4. The van der Waals surface area contributed by atoms with Gasteiger partial charge in [-0.15, -0.1) is 0 Å². The molecule has 1 aliphatic heterocycles. The third-order valence-electron chi connectivity index (χ3n) is 9.84. The molecule has 48 heavy (non-hydrogen) atoms. The van der Waals surface area contributed by atoms with E-state index in [1.165, 1.54) is 49.7 Å². The molecular weight excluding hydrogens is 585 g/mol. The molecule has 8 aromatic rings. The molecule has 1 aromatic heterocycles. The molecule has 0 saturated carbocycles. The van der Waals surface area contributed by atoms with Crippen LogP contribution in [-0.2, 0) is 5.41 Å². The van der Waals surface area contributed by atoms with Crippen LogP contribution in [-0.4, -0.2) is 4.57 Å². The minimum atomic E-state index is -0.156. The van der Waals surface area contributed by atoms with Crippen LogP contribution in [0.5, 0.6) is 11.5 Å². The highest BCUT2D eigenvalue weighted by Crippen LogP contribution is 2.50. The average molecular weight is 619 g/mol. The van der Waals surface area contributed by atoms with E-state index in [4.69, 9.17) is 4.74 Å². The summed E-state index contributed by atoms with van der Waals surface area (Å²) in [5.74, 6) is 1.82. The number of para-hydroxylation sites is 4. The van der Waals surface area contributed by atoms with Crippen molar-refractivity contribution in [3.8, 4) is 28.3 Å². The van der Waals surface area contributed by atoms with Crippen LogP contribution in [0.1, 0.15) is 25.0 Å². The lowest BCUT2D eigenvalue weighted by Gasteiger charge is -2.35. The predicted molar refractivity (Wildman–Crippen MR) is 200 cm³/mol. The lowest BCUT2D eigenvalue weighted by atomic mass is 9.76. The highest BCUT2D eigenvalue weighted by atomic mass is 16.5. The van der Waals surface area contributed by atoms with Gasteiger partial charge < -0.3 is 14.2 Å². The first kappa shape index (κ1) is 28.2. The van der Waals surface area contributed by atoms with E-state index in [1.807, 2.05) is 6.07 Å². The summed E-state index contributed by atoms with van der Waals surface area (Å²) < 4.78 is 8.88. The Kier molecular flexibility index (Phi) is 6.48. The van der Waals surface area contributed by atoms with Crippen LogP contribution in [0.15, 0.2) is 170 Å². The second kappa shape index (κ2) is 11.0. The van der Waals surface area contributed by atoms with Crippen molar-refractivity contribution in [3.63, 3.8) is 0 Å². The fourth-order valence-corrected chi connectivity index (χ4v) is 7.42. The maximum absolute atomic E-state index is 6.52. The fourth-order valence-electron chi connectivity index (χ4n) is 7.42. The summed E-state index contributed by atoms with van der Waals surface area (Å²) in [4.78, 5) is 2.30. The van der Waals surface area contributed by atoms with E-state index in [9.17, 15) is 0 Å². The zero-order valence-electron chi connectivity index (χ0n) is 27.0. The Morgan fingerprint density at radius 3 is 1.88 bits per heavy atom. The summed E-state index contributed by atoms with van der Waals surface area (Å²) in [5, 5.41) is 2.51. The van der Waals surface area contributed by atoms with Gasteiger partial charge in [0, 0.05) is 56.1 Å². The highest BCUT2D eigenvalue weighted by molar-refractivity contribution is 6.10. The van der Waals surface area contributed by atoms with Gasteiger partial charge >= 0.3 is 0 Å². The summed E-state index contributed by atoms with van der Waals surface area (Å²) in [6.45, 7) is 4.55. The van der Waals surface area contributed by atoms with Crippen LogP contribution in [0, 0.1) is 0 Å². The van der Waals surface area contributed by atoms with Gasteiger partial charge in [-0.25, -0.2) is 0 Å². The summed E-state index contributed by atoms with van der Waals surface area (Å²) >= 11 is 0. The number of rotatable bonds is 5. The summed E-state index contributed by atoms with van der Waals surface area (Å²) in [6, 6.07) is 60.6. The van der Waals surface area contributed by atoms with E-state index in [-0.39, 0.29) is 5.41 Å². The number of hydrogen-bond donors (Lipinski definition) is 0. The monoisotopic (exact) mass is 618 g/mol. The number of fused-ring (bicyclic) bond motifs is 5. The fraction of sp³-hybridized carbons (Fsp3) is 0.0667. The maximum atomic E-state index is 6.52. The highest BCUT2D eigenvalue weighted by Gasteiger charge is 2.34. The molecule has 2 heterocycles. The summed E-state index contributed by atoms with van der Waals surface area (Å²) in [6.07, 6.45) is 0. The summed E-state index contributed by atoms with van der Waals surface area (Å²) in [5.41, 5.74) is 11.4. The lowest BCUT2D eigenvalue weighted by Crippen LogP contribution is -2.24. The van der Waals surface area contributed by atoms with Crippen LogP contribution in [0.4, 0.5) is 17.1 Å². The van der Waals surface area contributed by atoms with Crippen molar-refractivity contribution in [2.75, 3.05) is 4.90 Å². The Labute approximate surface area is 280 Å². The van der Waals surface area contributed by atoms with Gasteiger partial charge in [-0.3, -0.25) is 0 Å². The third kappa shape index (κ3) is 4.51. The average Bonchev–Trinajstić information content (AvgIpc) is 3.47. The van der Waals surface area contributed by atoms with Crippen LogP contribution in [0.3, 0.4) is 0 Å². The topological polar surface area (TPSA) is 17.4 Å². The van der Waals surface area contributed by atoms with E-state index in [0.29, 0.717) is 0 Å². The number of nitrogens with zero attached hydrogens (tertiary/aromatic N) is 2. The molecule has 0 radical (unpaired) electrons. The van der Waals surface area contributed by atoms with Crippen LogP contribution >= 0.6 is 0 Å². The van der Waals surface area contributed by atoms with Crippen LogP contribution in [0.2, 0.25) is 0 Å². The summed E-state index contributed by atoms with van der Waals surface area (Å²) in [7, 11) is 0. The van der Waals surface area contributed by atoms with Crippen molar-refractivity contribution >= 4 is 38.9 Å². The van der Waals surface area contributed by atoms with Crippen molar-refractivity contribution in [1.82, 2.24) is 4.57 Å². The molecule has 0 N–H and O–H groups in total. The minimum absolute atomic E-state index is 0.156. The molecule has 1 aliphatic rings. The van der Waals surface area contributed by atoms with Gasteiger partial charge in [0.05, 0.1) is 11.0 Å². The number of benzene rings is 7. The molecule has 0 bridgehead atoms. The molecule has 9 rings (SSSR count). The number of hydrogen-bond acceptors (Lipinski definition) is 2. The van der Waals surface area contributed by atoms with Crippen molar-refractivity contribution in [1.29, 1.82) is 0 Å². The number of aromatic nitrogens is 1. The molecule has 0 saturated heterocycles. The van der Waals surface area contributed by atoms with E-state index >= 15 is 0 Å². The van der Waals surface area contributed by atoms with Gasteiger partial charge in [0.15, 0.2) is 0 Å². The Hall–Kier alpha value is -6.06. The van der Waals surface area contributed by atoms with Crippen LogP contribution in [0.25, 0.3) is 38.6 Å². The van der Waals surface area contributed by atoms with Crippen molar-refractivity contribution in [3.05, 3.63) is 181 Å². The Bertz CT molecular complexity index is 2440. The van der Waals surface area contributed by atoms with E-state index in [2.05, 4.69) is 187 Å². The third-order valence-corrected chi connectivity index (χ3v) is 9.84. The minimum Gasteiger partial charge on any atom is -0.457 e. The molecule has 0 amide bonds. The van der Waals surface area contributed by atoms with Crippen LogP contribution < -0.4 is 9.64 Å². The standard InChI is InChI=1S/C45H34N2O/c1-45(2)39-18-10-12-20-43(39)48-44-30-36(26-27-40(44)45)46(33-13-5-3-6-14-33)35-24-21-31(22-25-35)32-23-28-42-38(29-32)37-17-9-11-19-41(37)47(42)34-15-7-4-8-16-34/h3-30H,1-2H3. The zero-order chi connectivity index (χ0) is 32.2. The molecule has 3 heteroatoms. The van der Waals surface area contributed by atoms with Gasteiger partial charge in [-0.2, -0.15) is 0 Å². The lowest BCUT2D eigenvalue weighted by molar-refractivity contribution is 0.418. The molecule has 0 aliphatic carbocycles. The van der Waals surface area contributed by atoms with Crippen molar-refractivity contribution in [2.24, 2.45) is 0 Å². The molecule has 0 fully saturated rings. The van der Waals surface area contributed by atoms with Crippen molar-refractivity contribution in [2.45, 2.75) is 19.3 Å². The number of ether oxygens (including phenoxy) is 1. The second-order valence-electron chi connectivity index (χ2n) is 13.0. The molecule has 3 nitrogen and oxygen atoms in total. The first-order chi connectivity index (χ1) is 23.6. The Morgan fingerprint density at radius 2 is 1.06 bits per heavy atom. The Morgan fingerprint density at radius 1 is 0.458 bits per heavy atom. The van der Waals surface area contributed by atoms with Gasteiger partial charge in [0.1, 0.15) is 11.5 Å². The molecule has 0 atom stereocenters. The molecule has 230 valence electrons. The van der Waals surface area contributed by atoms with E-state index in [0.717, 1.165) is 28.6 Å². The molecule has 0 spiro atoms. The number of anilines is 3. The molecular formula is C45H34N2O. The van der Waals surface area contributed by atoms with E-state index in [1.54, 1.807) is 0 Å². The first-order valence-corrected chi connectivity index (χ1v) is 16.5. The zero-order valence-corrected chi connectivity index (χ0v) is 27.0. The van der Waals surface area contributed by atoms with Gasteiger partial charge in [-0.05, 0) is 77.9 Å². The molecule has 0 unspecified atom stereocenters. The van der Waals surface area contributed by atoms with Gasteiger partial charge in [-0.1, -0.05) is 111 Å². The van der Waals surface area contributed by atoms with E-state index < -0.39 is 0 Å². The normalized spacial score (nSPS) is 13.1. The second-order valence-corrected chi connectivity index (χ2v) is 13.0. The van der Waals surface area contributed by atoms with Gasteiger partial charge in [0.25, 0.3) is 0 Å². The molecule has 7 aromatic carbocycles. The van der Waals surface area contributed by atoms with Crippen molar-refractivity contribution < 1.29 is 4.74 Å². The Balaban J connectivity index is 1.12. The first-order valence-electron chi connectivity index (χ1n) is 16.5. The quantitative estimate of drug-likeness (QED) is 0.191. The SMILES string of the molecule is CC1(C)c2ccccc2Oc2cc(N(c3ccccc3)c3ccc(-c4ccc5c(c4)c4ccccc4n5-c4ccccc4)cc3)ccc21. The van der Waals surface area contributed by atoms with Gasteiger partial charge in [0.2, 0.25) is 0 Å².